The third-order valence-corrected chi connectivity index (χ3v) is 4.45. The lowest BCUT2D eigenvalue weighted by Gasteiger charge is -2.12. The Bertz CT molecular complexity index is 883. The molecule has 0 saturated heterocycles. The zero-order chi connectivity index (χ0) is 20.7. The molecule has 0 spiro atoms. The largest absolute Gasteiger partial charge is 0.493 e. The molecule has 0 aliphatic rings. The van der Waals surface area contributed by atoms with Gasteiger partial charge in [0.1, 0.15) is 0 Å². The second kappa shape index (κ2) is 10.1. The predicted octanol–water partition coefficient (Wildman–Crippen LogP) is 4.70. The molecule has 0 aliphatic carbocycles. The molecule has 0 bridgehead atoms. The SMILES string of the molecule is COc1cc(/C=C/C(=O)OC(C)C(=O)Nc2ccc(Br)cc2)cc(Cl)c1OC. The van der Waals surface area contributed by atoms with Crippen LogP contribution in [-0.4, -0.2) is 32.2 Å². The van der Waals surface area contributed by atoms with Crippen LogP contribution in [0.25, 0.3) is 6.08 Å². The number of anilines is 1. The maximum Gasteiger partial charge on any atom is 0.331 e. The summed E-state index contributed by atoms with van der Waals surface area (Å²) in [7, 11) is 2.97. The minimum absolute atomic E-state index is 0.345. The molecular formula is C20H19BrClNO5. The first kappa shape index (κ1) is 21.8. The van der Waals surface area contributed by atoms with E-state index in [1.807, 2.05) is 0 Å². The number of rotatable bonds is 7. The van der Waals surface area contributed by atoms with Crippen LogP contribution in [0.2, 0.25) is 5.02 Å². The quantitative estimate of drug-likeness (QED) is 0.471. The van der Waals surface area contributed by atoms with Crippen LogP contribution < -0.4 is 14.8 Å². The summed E-state index contributed by atoms with van der Waals surface area (Å²) in [6.07, 6.45) is 1.76. The number of carbonyl (C=O) groups is 2. The van der Waals surface area contributed by atoms with E-state index in [1.54, 1.807) is 36.4 Å². The second-order valence-electron chi connectivity index (χ2n) is 5.65. The lowest BCUT2D eigenvalue weighted by molar-refractivity contribution is -0.148. The van der Waals surface area contributed by atoms with Crippen LogP contribution in [0.5, 0.6) is 11.5 Å². The van der Waals surface area contributed by atoms with Crippen LogP contribution in [0.3, 0.4) is 0 Å². The highest BCUT2D eigenvalue weighted by Crippen LogP contribution is 2.36. The van der Waals surface area contributed by atoms with Crippen molar-refractivity contribution in [2.75, 3.05) is 19.5 Å². The fourth-order valence-electron chi connectivity index (χ4n) is 2.24. The predicted molar refractivity (Wildman–Crippen MR) is 112 cm³/mol. The lowest BCUT2D eigenvalue weighted by atomic mass is 10.2. The number of benzene rings is 2. The Morgan fingerprint density at radius 2 is 1.82 bits per heavy atom. The Morgan fingerprint density at radius 1 is 1.14 bits per heavy atom. The molecule has 0 aliphatic heterocycles. The summed E-state index contributed by atoms with van der Waals surface area (Å²) in [6, 6.07) is 10.3. The van der Waals surface area contributed by atoms with Crippen molar-refractivity contribution in [1.29, 1.82) is 0 Å². The van der Waals surface area contributed by atoms with Crippen molar-refractivity contribution in [3.63, 3.8) is 0 Å². The Labute approximate surface area is 176 Å². The van der Waals surface area contributed by atoms with Crippen molar-refractivity contribution in [3.8, 4) is 11.5 Å². The molecule has 2 rings (SSSR count). The van der Waals surface area contributed by atoms with Crippen molar-refractivity contribution in [3.05, 3.63) is 57.5 Å². The zero-order valence-electron chi connectivity index (χ0n) is 15.5. The van der Waals surface area contributed by atoms with E-state index in [1.165, 1.54) is 33.3 Å². The van der Waals surface area contributed by atoms with Gasteiger partial charge in [0, 0.05) is 16.2 Å². The summed E-state index contributed by atoms with van der Waals surface area (Å²) in [5, 5.41) is 3.02. The number of esters is 1. The zero-order valence-corrected chi connectivity index (χ0v) is 17.8. The van der Waals surface area contributed by atoms with Gasteiger partial charge in [-0.2, -0.15) is 0 Å². The molecule has 1 atom stereocenters. The van der Waals surface area contributed by atoms with Crippen LogP contribution in [0.4, 0.5) is 5.69 Å². The monoisotopic (exact) mass is 467 g/mol. The van der Waals surface area contributed by atoms with Gasteiger partial charge in [0.25, 0.3) is 5.91 Å². The molecule has 0 radical (unpaired) electrons. The molecular weight excluding hydrogens is 450 g/mol. The first-order valence-electron chi connectivity index (χ1n) is 8.20. The summed E-state index contributed by atoms with van der Waals surface area (Å²) in [4.78, 5) is 24.1. The molecule has 0 fully saturated rings. The average Bonchev–Trinajstić information content (AvgIpc) is 2.67. The van der Waals surface area contributed by atoms with Crippen LogP contribution in [0, 0.1) is 0 Å². The minimum Gasteiger partial charge on any atom is -0.493 e. The Hall–Kier alpha value is -2.51. The van der Waals surface area contributed by atoms with Crippen LogP contribution in [0.15, 0.2) is 46.9 Å². The van der Waals surface area contributed by atoms with Crippen molar-refractivity contribution in [2.24, 2.45) is 0 Å². The molecule has 0 heterocycles. The third-order valence-electron chi connectivity index (χ3n) is 3.64. The second-order valence-corrected chi connectivity index (χ2v) is 6.97. The summed E-state index contributed by atoms with van der Waals surface area (Å²) in [5.74, 6) is -0.255. The van der Waals surface area contributed by atoms with Crippen LogP contribution >= 0.6 is 27.5 Å². The van der Waals surface area contributed by atoms with Crippen molar-refractivity contribution in [2.45, 2.75) is 13.0 Å². The van der Waals surface area contributed by atoms with Gasteiger partial charge in [-0.1, -0.05) is 27.5 Å². The molecule has 2 aromatic carbocycles. The number of hydrogen-bond donors (Lipinski definition) is 1. The summed E-state index contributed by atoms with van der Waals surface area (Å²) < 4.78 is 16.4. The number of nitrogens with one attached hydrogen (secondary N) is 1. The van der Waals surface area contributed by atoms with Crippen LogP contribution in [-0.2, 0) is 14.3 Å². The molecule has 0 saturated carbocycles. The number of amides is 1. The Balaban J connectivity index is 1.98. The standard InChI is InChI=1S/C20H19BrClNO5/c1-12(20(25)23-15-7-5-14(21)6-8-15)28-18(24)9-4-13-10-16(22)19(27-3)17(11-13)26-2/h4-12H,1-3H3,(H,23,25)/b9-4+. The van der Waals surface area contributed by atoms with Gasteiger partial charge in [-0.05, 0) is 55.0 Å². The highest BCUT2D eigenvalue weighted by molar-refractivity contribution is 9.10. The topological polar surface area (TPSA) is 73.9 Å². The summed E-state index contributed by atoms with van der Waals surface area (Å²) in [6.45, 7) is 1.49. The van der Waals surface area contributed by atoms with Gasteiger partial charge >= 0.3 is 5.97 Å². The summed E-state index contributed by atoms with van der Waals surface area (Å²) >= 11 is 9.45. The van der Waals surface area contributed by atoms with Gasteiger partial charge in [-0.25, -0.2) is 4.79 Å². The molecule has 1 amide bonds. The van der Waals surface area contributed by atoms with Crippen molar-refractivity contribution in [1.82, 2.24) is 0 Å². The van der Waals surface area contributed by atoms with Crippen molar-refractivity contribution >= 4 is 51.2 Å². The van der Waals surface area contributed by atoms with Gasteiger partial charge in [-0.3, -0.25) is 4.79 Å². The molecule has 0 aromatic heterocycles. The fourth-order valence-corrected chi connectivity index (χ4v) is 2.80. The highest BCUT2D eigenvalue weighted by atomic mass is 79.9. The molecule has 6 nitrogen and oxygen atoms in total. The van der Waals surface area contributed by atoms with E-state index in [0.29, 0.717) is 27.8 Å². The van der Waals surface area contributed by atoms with Crippen molar-refractivity contribution < 1.29 is 23.8 Å². The number of halogens is 2. The first-order chi connectivity index (χ1) is 13.3. The highest BCUT2D eigenvalue weighted by Gasteiger charge is 2.17. The average molecular weight is 469 g/mol. The summed E-state index contributed by atoms with van der Waals surface area (Å²) in [5.41, 5.74) is 1.22. The van der Waals surface area contributed by atoms with Gasteiger partial charge < -0.3 is 19.5 Å². The number of hydrogen-bond acceptors (Lipinski definition) is 5. The van der Waals surface area contributed by atoms with E-state index < -0.39 is 18.0 Å². The Kier molecular flexibility index (Phi) is 7.90. The molecule has 1 unspecified atom stereocenters. The number of methoxy groups -OCH3 is 2. The molecule has 2 aromatic rings. The molecule has 1 N–H and O–H groups in total. The normalized spacial score (nSPS) is 11.8. The van der Waals surface area contributed by atoms with E-state index in [4.69, 9.17) is 25.8 Å². The smallest absolute Gasteiger partial charge is 0.331 e. The number of ether oxygens (including phenoxy) is 3. The molecule has 148 valence electrons. The van der Waals surface area contributed by atoms with E-state index >= 15 is 0 Å². The van der Waals surface area contributed by atoms with E-state index in [-0.39, 0.29) is 0 Å². The van der Waals surface area contributed by atoms with Gasteiger partial charge in [0.05, 0.1) is 19.2 Å². The van der Waals surface area contributed by atoms with E-state index in [2.05, 4.69) is 21.2 Å². The van der Waals surface area contributed by atoms with E-state index in [9.17, 15) is 9.59 Å². The van der Waals surface area contributed by atoms with Gasteiger partial charge in [0.15, 0.2) is 17.6 Å². The first-order valence-corrected chi connectivity index (χ1v) is 9.37. The van der Waals surface area contributed by atoms with Gasteiger partial charge in [0.2, 0.25) is 0 Å². The molecule has 28 heavy (non-hydrogen) atoms. The fraction of sp³-hybridized carbons (Fsp3) is 0.200. The Morgan fingerprint density at radius 3 is 2.43 bits per heavy atom. The number of carbonyl (C=O) groups excluding carboxylic acids is 2. The molecule has 8 heteroatoms. The maximum atomic E-state index is 12.1. The van der Waals surface area contributed by atoms with E-state index in [0.717, 1.165) is 4.47 Å². The van der Waals surface area contributed by atoms with Gasteiger partial charge in [-0.15, -0.1) is 0 Å². The lowest BCUT2D eigenvalue weighted by Crippen LogP contribution is -2.29. The maximum absolute atomic E-state index is 12.1. The third kappa shape index (κ3) is 6.00. The van der Waals surface area contributed by atoms with Crippen LogP contribution in [0.1, 0.15) is 12.5 Å². The minimum atomic E-state index is -0.963.